The van der Waals surface area contributed by atoms with Gasteiger partial charge in [0.25, 0.3) is 20.2 Å². The molecule has 14 heteroatoms. The summed E-state index contributed by atoms with van der Waals surface area (Å²) >= 11 is 1.72. The van der Waals surface area contributed by atoms with Gasteiger partial charge >= 0.3 is 0 Å². The minimum atomic E-state index is -4.04. The van der Waals surface area contributed by atoms with E-state index in [0.29, 0.717) is 64.0 Å². The molecule has 0 aromatic heterocycles. The molecule has 2 aliphatic heterocycles. The van der Waals surface area contributed by atoms with Gasteiger partial charge in [0.05, 0.1) is 16.9 Å². The predicted molar refractivity (Wildman–Crippen MR) is 247 cm³/mol. The van der Waals surface area contributed by atoms with E-state index in [1.54, 1.807) is 11.8 Å². The number of carbonyl (C=O) groups is 1. The van der Waals surface area contributed by atoms with Crippen molar-refractivity contribution in [2.45, 2.75) is 109 Å². The number of allylic oxidation sites excluding steroid dienone is 7. The Morgan fingerprint density at radius 2 is 1.52 bits per heavy atom. The fourth-order valence-corrected chi connectivity index (χ4v) is 11.0. The SMILES string of the molecule is CC1(C)C(=CC=C2CCCC(C=CC3=[N+](CCCCS(=O)(=O)O)c4ccccc4C3(C)C)=C2SCCC(=O)NCCCCCN)N(CCCCS(=O)(=O)O)c2ccccc21. The Bertz CT molecular complexity index is 2240. The Kier molecular flexibility index (Phi) is 16.7. The summed E-state index contributed by atoms with van der Waals surface area (Å²) in [4.78, 5) is 16.4. The summed E-state index contributed by atoms with van der Waals surface area (Å²) in [7, 11) is -8.07. The van der Waals surface area contributed by atoms with Crippen molar-refractivity contribution in [1.29, 1.82) is 0 Å². The predicted octanol–water partition coefficient (Wildman–Crippen LogP) is 8.37. The fourth-order valence-electron chi connectivity index (χ4n) is 8.65. The van der Waals surface area contributed by atoms with Crippen molar-refractivity contribution < 1.29 is 35.3 Å². The van der Waals surface area contributed by atoms with Gasteiger partial charge in [-0.1, -0.05) is 68.8 Å². The lowest BCUT2D eigenvalue weighted by atomic mass is 9.81. The van der Waals surface area contributed by atoms with E-state index in [0.717, 1.165) is 61.3 Å². The topological polar surface area (TPSA) is 170 Å². The van der Waals surface area contributed by atoms with Gasteiger partial charge in [0.1, 0.15) is 6.54 Å². The molecule has 5 rings (SSSR count). The first-order valence-corrected chi connectivity index (χ1v) is 25.6. The lowest BCUT2D eigenvalue weighted by Gasteiger charge is -2.27. The maximum atomic E-state index is 12.9. The van der Waals surface area contributed by atoms with Gasteiger partial charge in [-0.25, -0.2) is 0 Å². The molecule has 1 amide bonds. The van der Waals surface area contributed by atoms with Crippen molar-refractivity contribution >= 4 is 55.0 Å². The monoisotopic (exact) mass is 881 g/mol. The van der Waals surface area contributed by atoms with Gasteiger partial charge in [-0.2, -0.15) is 21.4 Å². The number of benzene rings is 2. The Labute approximate surface area is 362 Å². The first-order chi connectivity index (χ1) is 28.4. The smallest absolute Gasteiger partial charge is 0.264 e. The van der Waals surface area contributed by atoms with Crippen LogP contribution in [0.4, 0.5) is 11.4 Å². The molecular weight excluding hydrogens is 817 g/mol. The molecule has 0 radical (unpaired) electrons. The Morgan fingerprint density at radius 3 is 2.23 bits per heavy atom. The molecule has 11 nitrogen and oxygen atoms in total. The quantitative estimate of drug-likeness (QED) is 0.0512. The highest BCUT2D eigenvalue weighted by Crippen LogP contribution is 2.48. The van der Waals surface area contributed by atoms with Crippen LogP contribution in [-0.2, 0) is 35.9 Å². The van der Waals surface area contributed by atoms with Crippen molar-refractivity contribution in [3.8, 4) is 0 Å². The zero-order valence-electron chi connectivity index (χ0n) is 35.8. The minimum absolute atomic E-state index is 0.0390. The molecule has 0 saturated carbocycles. The number of anilines is 1. The van der Waals surface area contributed by atoms with Gasteiger partial charge in [-0.3, -0.25) is 13.9 Å². The highest BCUT2D eigenvalue weighted by Gasteiger charge is 2.44. The molecule has 2 aromatic carbocycles. The molecule has 0 atom stereocenters. The molecule has 2 heterocycles. The van der Waals surface area contributed by atoms with E-state index in [9.17, 15) is 30.7 Å². The first kappa shape index (κ1) is 47.5. The first-order valence-electron chi connectivity index (χ1n) is 21.4. The molecule has 0 saturated heterocycles. The Hall–Kier alpha value is -3.53. The molecule has 3 aliphatic rings. The maximum Gasteiger partial charge on any atom is 0.264 e. The standard InChI is InChI=1S/C46H64N4O7S3/c1-45(2)37-19-6-8-21-39(37)49(30-12-14-33-59(52,53)54)41(45)25-23-35-17-16-18-36(44(35)58-32-27-43(51)48-29-11-5-10-28-47)24-26-42-46(3,4)38-20-7-9-22-40(38)50(42)31-13-15-34-60(55,56)57/h6-9,19-26H,5,10-18,27-34,47H2,1-4H3,(H2-,48,51,52,53,54,55,56,57)/p+1. The van der Waals surface area contributed by atoms with Crippen LogP contribution < -0.4 is 16.0 Å². The van der Waals surface area contributed by atoms with Crippen LogP contribution in [0.5, 0.6) is 0 Å². The van der Waals surface area contributed by atoms with E-state index in [-0.39, 0.29) is 28.2 Å². The van der Waals surface area contributed by atoms with Gasteiger partial charge in [-0.05, 0) is 101 Å². The minimum Gasteiger partial charge on any atom is -0.356 e. The lowest BCUT2D eigenvalue weighted by molar-refractivity contribution is -0.438. The van der Waals surface area contributed by atoms with E-state index in [1.165, 1.54) is 27.2 Å². The third-order valence-corrected chi connectivity index (χ3v) is 14.6. The second kappa shape index (κ2) is 21.0. The summed E-state index contributed by atoms with van der Waals surface area (Å²) < 4.78 is 66.9. The fraction of sp³-hybridized carbons (Fsp3) is 0.522. The second-order valence-corrected chi connectivity index (χ2v) is 21.3. The number of nitrogens with two attached hydrogens (primary N) is 1. The third kappa shape index (κ3) is 12.5. The summed E-state index contributed by atoms with van der Waals surface area (Å²) in [5, 5.41) is 3.07. The van der Waals surface area contributed by atoms with Crippen molar-refractivity contribution in [3.05, 3.63) is 106 Å². The number of carbonyl (C=O) groups excluding carboxylic acids is 1. The molecule has 5 N–H and O–H groups in total. The van der Waals surface area contributed by atoms with E-state index < -0.39 is 20.2 Å². The van der Waals surface area contributed by atoms with Crippen molar-refractivity contribution in [1.82, 2.24) is 5.32 Å². The van der Waals surface area contributed by atoms with Gasteiger partial charge in [0.2, 0.25) is 11.6 Å². The van der Waals surface area contributed by atoms with Crippen LogP contribution in [-0.4, -0.2) is 85.6 Å². The normalized spacial score (nSPS) is 18.9. The van der Waals surface area contributed by atoms with Crippen LogP contribution in [0.3, 0.4) is 0 Å². The van der Waals surface area contributed by atoms with Crippen molar-refractivity contribution in [3.63, 3.8) is 0 Å². The second-order valence-electron chi connectivity index (χ2n) is 17.0. The summed E-state index contributed by atoms with van der Waals surface area (Å²) in [5.41, 5.74) is 14.3. The van der Waals surface area contributed by atoms with Gasteiger partial charge < -0.3 is 16.0 Å². The third-order valence-electron chi connectivity index (χ3n) is 11.8. The lowest BCUT2D eigenvalue weighted by Crippen LogP contribution is -2.28. The molecule has 0 unspecified atom stereocenters. The molecule has 60 heavy (non-hydrogen) atoms. The van der Waals surface area contributed by atoms with Gasteiger partial charge in [0, 0.05) is 71.1 Å². The van der Waals surface area contributed by atoms with Gasteiger partial charge in [0.15, 0.2) is 5.71 Å². The summed E-state index contributed by atoms with van der Waals surface area (Å²) in [6.07, 6.45) is 16.8. The highest BCUT2D eigenvalue weighted by atomic mass is 32.2. The maximum absolute atomic E-state index is 12.9. The molecule has 1 aliphatic carbocycles. The molecule has 0 spiro atoms. The van der Waals surface area contributed by atoms with Crippen LogP contribution in [0.15, 0.2) is 94.6 Å². The van der Waals surface area contributed by atoms with Crippen LogP contribution >= 0.6 is 11.8 Å². The molecule has 2 aromatic rings. The number of hydrogen-bond donors (Lipinski definition) is 4. The number of fused-ring (bicyclic) bond motifs is 2. The number of unbranched alkanes of at least 4 members (excludes halogenated alkanes) is 4. The average Bonchev–Trinajstić information content (AvgIpc) is 3.54. The summed E-state index contributed by atoms with van der Waals surface area (Å²) in [5.74, 6) is 0.130. The van der Waals surface area contributed by atoms with Gasteiger partial charge in [-0.15, -0.1) is 11.8 Å². The molecule has 0 bridgehead atoms. The number of thioether (sulfide) groups is 1. The van der Waals surface area contributed by atoms with Crippen LogP contribution in [0.1, 0.15) is 109 Å². The summed E-state index contributed by atoms with van der Waals surface area (Å²) in [6.45, 7) is 11.4. The summed E-state index contributed by atoms with van der Waals surface area (Å²) in [6, 6.07) is 16.7. The Balaban J connectivity index is 1.50. The van der Waals surface area contributed by atoms with E-state index in [4.69, 9.17) is 5.73 Å². The molecule has 0 fully saturated rings. The van der Waals surface area contributed by atoms with Crippen LogP contribution in [0.25, 0.3) is 0 Å². The highest BCUT2D eigenvalue weighted by molar-refractivity contribution is 8.03. The largest absolute Gasteiger partial charge is 0.356 e. The van der Waals surface area contributed by atoms with Crippen LogP contribution in [0, 0.1) is 0 Å². The van der Waals surface area contributed by atoms with E-state index in [1.807, 2.05) is 12.1 Å². The number of para-hydroxylation sites is 2. The number of amides is 1. The van der Waals surface area contributed by atoms with E-state index in [2.05, 4.69) is 103 Å². The number of nitrogens with one attached hydrogen (secondary N) is 1. The molecular formula is C46H65N4O7S3+. The molecule has 328 valence electrons. The average molecular weight is 882 g/mol. The zero-order chi connectivity index (χ0) is 43.6. The van der Waals surface area contributed by atoms with Crippen molar-refractivity contribution in [2.24, 2.45) is 5.73 Å². The zero-order valence-corrected chi connectivity index (χ0v) is 38.2. The Morgan fingerprint density at radius 1 is 0.833 bits per heavy atom. The van der Waals surface area contributed by atoms with Crippen LogP contribution in [0.2, 0.25) is 0 Å². The number of rotatable bonds is 22. The number of hydrogen-bond acceptors (Lipinski definition) is 8. The number of nitrogens with zero attached hydrogens (tertiary/aromatic N) is 2. The van der Waals surface area contributed by atoms with E-state index >= 15 is 0 Å². The van der Waals surface area contributed by atoms with Crippen molar-refractivity contribution in [2.75, 3.05) is 48.3 Å².